The van der Waals surface area contributed by atoms with Crippen molar-refractivity contribution in [3.63, 3.8) is 0 Å². The molecule has 334 valence electrons. The van der Waals surface area contributed by atoms with Crippen LogP contribution in [0.5, 0.6) is 0 Å². The highest BCUT2D eigenvalue weighted by Gasteiger charge is 2.50. The second-order valence-corrected chi connectivity index (χ2v) is 18.7. The summed E-state index contributed by atoms with van der Waals surface area (Å²) in [5.74, 6) is -1.37. The Morgan fingerprint density at radius 1 is 0.825 bits per heavy atom. The third-order valence-electron chi connectivity index (χ3n) is 11.0. The standard InChI is InChI=1S/C49H59N5O7S2/c1-35-44(62-34-52-35)37-22-20-36(21-23-37)31-51-46(57)42-30-41(55)32-54(42)47(58)45(53-43(56)33-61-29-28-60-27-26-59-25-24-50-4)48(2,3)63-49(38-14-8-5-9-15-38,39-16-10-6-11-17-39)40-18-12-7-13-19-40/h5-23,34,41-42,45,50,55H,24-33H2,1-4H3,(H,51,57)(H,53,56)/t41-,42+,45-/m1/s1. The predicted molar refractivity (Wildman–Crippen MR) is 249 cm³/mol. The molecule has 12 nitrogen and oxygen atoms in total. The summed E-state index contributed by atoms with van der Waals surface area (Å²) in [6, 6.07) is 36.2. The van der Waals surface area contributed by atoms with Gasteiger partial charge in [-0.1, -0.05) is 115 Å². The Morgan fingerprint density at radius 2 is 1.38 bits per heavy atom. The monoisotopic (exact) mass is 893 g/mol. The molecule has 0 saturated carbocycles. The van der Waals surface area contributed by atoms with E-state index >= 15 is 4.79 Å². The number of β-amino-alcohol motifs (C(OH)–C–C–N with tert-alkyl or cyclic N) is 1. The lowest BCUT2D eigenvalue weighted by Crippen LogP contribution is -2.61. The molecule has 3 atom stereocenters. The zero-order chi connectivity index (χ0) is 44.7. The van der Waals surface area contributed by atoms with E-state index in [1.54, 1.807) is 23.1 Å². The largest absolute Gasteiger partial charge is 0.391 e. The van der Waals surface area contributed by atoms with E-state index in [1.165, 1.54) is 4.90 Å². The number of aryl methyl sites for hydroxylation is 1. The normalized spacial score (nSPS) is 15.9. The Morgan fingerprint density at radius 3 is 1.92 bits per heavy atom. The van der Waals surface area contributed by atoms with Crippen molar-refractivity contribution in [1.82, 2.24) is 25.8 Å². The maximum Gasteiger partial charge on any atom is 0.247 e. The Hall–Kier alpha value is -4.93. The molecule has 4 aromatic carbocycles. The number of benzene rings is 4. The summed E-state index contributed by atoms with van der Waals surface area (Å²) < 4.78 is 14.9. The van der Waals surface area contributed by atoms with Crippen LogP contribution in [0.2, 0.25) is 0 Å². The van der Waals surface area contributed by atoms with Gasteiger partial charge in [0, 0.05) is 30.8 Å². The van der Waals surface area contributed by atoms with E-state index in [-0.39, 0.29) is 45.2 Å². The lowest BCUT2D eigenvalue weighted by Gasteiger charge is -2.45. The van der Waals surface area contributed by atoms with Gasteiger partial charge in [-0.2, -0.15) is 0 Å². The van der Waals surface area contributed by atoms with Crippen molar-refractivity contribution in [1.29, 1.82) is 0 Å². The number of ether oxygens (including phenoxy) is 3. The Balaban J connectivity index is 1.25. The molecule has 0 unspecified atom stereocenters. The highest BCUT2D eigenvalue weighted by molar-refractivity contribution is 8.02. The van der Waals surface area contributed by atoms with Crippen LogP contribution in [0, 0.1) is 6.92 Å². The molecule has 1 fully saturated rings. The molecule has 1 saturated heterocycles. The Kier molecular flexibility index (Phi) is 17.5. The van der Waals surface area contributed by atoms with Crippen molar-refractivity contribution in [2.75, 3.05) is 59.8 Å². The molecule has 4 N–H and O–H groups in total. The number of rotatable bonds is 23. The predicted octanol–water partition coefficient (Wildman–Crippen LogP) is 5.95. The van der Waals surface area contributed by atoms with E-state index in [0.717, 1.165) is 44.9 Å². The van der Waals surface area contributed by atoms with Gasteiger partial charge in [0.2, 0.25) is 17.7 Å². The fourth-order valence-electron chi connectivity index (χ4n) is 7.79. The molecule has 1 aliphatic rings. The first-order valence-electron chi connectivity index (χ1n) is 21.3. The molecule has 2 heterocycles. The minimum absolute atomic E-state index is 0.0566. The molecular formula is C49H59N5O7S2. The van der Waals surface area contributed by atoms with E-state index in [1.807, 2.05) is 112 Å². The lowest BCUT2D eigenvalue weighted by atomic mass is 9.84. The highest BCUT2D eigenvalue weighted by atomic mass is 32.2. The number of aliphatic hydroxyl groups is 1. The second-order valence-electron chi connectivity index (χ2n) is 15.9. The van der Waals surface area contributed by atoms with Crippen LogP contribution in [0.1, 0.15) is 48.2 Å². The third-order valence-corrected chi connectivity index (χ3v) is 13.7. The van der Waals surface area contributed by atoms with Crippen LogP contribution >= 0.6 is 23.1 Å². The number of likely N-dealkylation sites (N-methyl/N-ethyl adjacent to an activating group) is 1. The number of carbonyl (C=O) groups excluding carboxylic acids is 3. The lowest BCUT2D eigenvalue weighted by molar-refractivity contribution is -0.142. The van der Waals surface area contributed by atoms with E-state index in [0.29, 0.717) is 19.8 Å². The van der Waals surface area contributed by atoms with Crippen LogP contribution in [-0.2, 0) is 39.9 Å². The summed E-state index contributed by atoms with van der Waals surface area (Å²) in [7, 11) is 1.86. The van der Waals surface area contributed by atoms with Crippen LogP contribution in [0.4, 0.5) is 0 Å². The van der Waals surface area contributed by atoms with Gasteiger partial charge in [0.05, 0.1) is 60.0 Å². The van der Waals surface area contributed by atoms with Gasteiger partial charge in [0.25, 0.3) is 0 Å². The van der Waals surface area contributed by atoms with Gasteiger partial charge in [-0.25, -0.2) is 4.98 Å². The summed E-state index contributed by atoms with van der Waals surface area (Å²) in [5, 5.41) is 20.1. The number of aliphatic hydroxyl groups excluding tert-OH is 1. The quantitative estimate of drug-likeness (QED) is 0.0458. The molecule has 63 heavy (non-hydrogen) atoms. The van der Waals surface area contributed by atoms with E-state index in [4.69, 9.17) is 14.2 Å². The first-order chi connectivity index (χ1) is 30.5. The molecule has 0 spiro atoms. The highest BCUT2D eigenvalue weighted by Crippen LogP contribution is 2.54. The molecule has 3 amide bonds. The van der Waals surface area contributed by atoms with Crippen molar-refractivity contribution in [2.24, 2.45) is 0 Å². The van der Waals surface area contributed by atoms with Gasteiger partial charge in [0.15, 0.2) is 0 Å². The molecular weight excluding hydrogens is 835 g/mol. The van der Waals surface area contributed by atoms with Gasteiger partial charge in [-0.15, -0.1) is 23.1 Å². The van der Waals surface area contributed by atoms with Gasteiger partial charge in [0.1, 0.15) is 18.7 Å². The van der Waals surface area contributed by atoms with Crippen molar-refractivity contribution in [3.05, 3.63) is 149 Å². The number of nitrogens with one attached hydrogen (secondary N) is 3. The number of thioether (sulfide) groups is 1. The fraction of sp³-hybridized carbons (Fsp3) is 0.388. The third kappa shape index (κ3) is 12.4. The average Bonchev–Trinajstić information content (AvgIpc) is 3.93. The summed E-state index contributed by atoms with van der Waals surface area (Å²) in [4.78, 5) is 50.0. The maximum atomic E-state index is 15.2. The molecule has 0 bridgehead atoms. The topological polar surface area (TPSA) is 151 Å². The number of nitrogens with zero attached hydrogens (tertiary/aromatic N) is 2. The molecule has 6 rings (SSSR count). The van der Waals surface area contributed by atoms with Crippen molar-refractivity contribution >= 4 is 40.8 Å². The van der Waals surface area contributed by atoms with Gasteiger partial charge in [-0.05, 0) is 55.6 Å². The molecule has 1 aliphatic heterocycles. The number of carbonyl (C=O) groups is 3. The first-order valence-corrected chi connectivity index (χ1v) is 23.0. The molecule has 0 radical (unpaired) electrons. The Labute approximate surface area is 379 Å². The summed E-state index contributed by atoms with van der Waals surface area (Å²) in [6.07, 6.45) is -0.881. The second kappa shape index (κ2) is 23.1. The number of likely N-dealkylation sites (tertiary alicyclic amines) is 1. The molecule has 1 aromatic heterocycles. The van der Waals surface area contributed by atoms with E-state index < -0.39 is 39.5 Å². The van der Waals surface area contributed by atoms with E-state index in [2.05, 4.69) is 57.3 Å². The van der Waals surface area contributed by atoms with E-state index in [9.17, 15) is 14.7 Å². The minimum atomic E-state index is -1.16. The zero-order valence-electron chi connectivity index (χ0n) is 36.5. The maximum absolute atomic E-state index is 15.2. The summed E-state index contributed by atoms with van der Waals surface area (Å²) in [5.41, 5.74) is 7.67. The molecule has 0 aliphatic carbocycles. The van der Waals surface area contributed by atoms with Crippen LogP contribution in [0.25, 0.3) is 10.4 Å². The van der Waals surface area contributed by atoms with Crippen molar-refractivity contribution in [2.45, 2.75) is 61.4 Å². The average molecular weight is 894 g/mol. The van der Waals surface area contributed by atoms with Crippen LogP contribution in [0.3, 0.4) is 0 Å². The van der Waals surface area contributed by atoms with Gasteiger partial charge >= 0.3 is 0 Å². The van der Waals surface area contributed by atoms with Crippen LogP contribution in [-0.4, -0.2) is 115 Å². The number of amides is 3. The molecule has 5 aromatic rings. The van der Waals surface area contributed by atoms with Gasteiger partial charge in [-0.3, -0.25) is 14.4 Å². The number of hydrogen-bond donors (Lipinski definition) is 4. The SMILES string of the molecule is CNCCOCCOCCOCC(=O)N[C@H](C(=O)N1C[C@H](O)C[C@H]1C(=O)NCc1ccc(-c2scnc2C)cc1)C(C)(C)SC(c1ccccc1)(c1ccccc1)c1ccccc1. The number of thiazole rings is 1. The summed E-state index contributed by atoms with van der Waals surface area (Å²) in [6.45, 7) is 8.29. The minimum Gasteiger partial charge on any atom is -0.391 e. The number of aromatic nitrogens is 1. The summed E-state index contributed by atoms with van der Waals surface area (Å²) >= 11 is 3.12. The van der Waals surface area contributed by atoms with Crippen LogP contribution < -0.4 is 16.0 Å². The first kappa shape index (κ1) is 47.5. The number of hydrogen-bond acceptors (Lipinski definition) is 11. The smallest absolute Gasteiger partial charge is 0.247 e. The Bertz CT molecular complexity index is 2100. The van der Waals surface area contributed by atoms with Crippen molar-refractivity contribution < 1.29 is 33.7 Å². The fourth-order valence-corrected chi connectivity index (χ4v) is 10.4. The van der Waals surface area contributed by atoms with Crippen molar-refractivity contribution in [3.8, 4) is 10.4 Å². The van der Waals surface area contributed by atoms with Crippen LogP contribution in [0.15, 0.2) is 121 Å². The zero-order valence-corrected chi connectivity index (χ0v) is 38.1. The molecule has 14 heteroatoms. The van der Waals surface area contributed by atoms with Gasteiger partial charge < -0.3 is 40.2 Å².